The quantitative estimate of drug-likeness (QED) is 0.881. The van der Waals surface area contributed by atoms with E-state index < -0.39 is 12.0 Å². The van der Waals surface area contributed by atoms with Gasteiger partial charge in [-0.25, -0.2) is 14.8 Å². The lowest BCUT2D eigenvalue weighted by molar-refractivity contribution is -0.138. The molecule has 0 bridgehead atoms. The highest BCUT2D eigenvalue weighted by Gasteiger charge is 2.24. The maximum Gasteiger partial charge on any atom is 0.330 e. The lowest BCUT2D eigenvalue weighted by atomic mass is 9.96. The molecule has 2 N–H and O–H groups in total. The Hall–Kier alpha value is -2.44. The molecule has 0 saturated heterocycles. The van der Waals surface area contributed by atoms with Gasteiger partial charge in [0.2, 0.25) is 0 Å². The molecule has 0 saturated carbocycles. The van der Waals surface area contributed by atoms with E-state index in [1.165, 1.54) is 6.33 Å². The van der Waals surface area contributed by atoms with Crippen molar-refractivity contribution >= 4 is 11.8 Å². The van der Waals surface area contributed by atoms with E-state index in [9.17, 15) is 9.90 Å². The Morgan fingerprint density at radius 3 is 2.90 bits per heavy atom. The molecule has 0 aromatic carbocycles. The molecule has 0 fully saturated rings. The Kier molecular flexibility index (Phi) is 3.55. The van der Waals surface area contributed by atoms with Crippen LogP contribution >= 0.6 is 0 Å². The van der Waals surface area contributed by atoms with Gasteiger partial charge < -0.3 is 10.4 Å². The molecule has 1 atom stereocenters. The van der Waals surface area contributed by atoms with Crippen molar-refractivity contribution in [3.05, 3.63) is 35.5 Å². The van der Waals surface area contributed by atoms with Crippen LogP contribution in [0.2, 0.25) is 0 Å². The topological polar surface area (TPSA) is 92.9 Å². The molecule has 7 nitrogen and oxygen atoms in total. The van der Waals surface area contributed by atoms with Gasteiger partial charge in [-0.2, -0.15) is 5.10 Å². The Bertz CT molecular complexity index is 667. The van der Waals surface area contributed by atoms with E-state index in [0.29, 0.717) is 11.4 Å². The lowest BCUT2D eigenvalue weighted by Crippen LogP contribution is -2.22. The van der Waals surface area contributed by atoms with Gasteiger partial charge in [-0.3, -0.25) is 4.68 Å². The third-order valence-corrected chi connectivity index (χ3v) is 3.71. The van der Waals surface area contributed by atoms with Gasteiger partial charge in [0.05, 0.1) is 6.20 Å². The van der Waals surface area contributed by atoms with Gasteiger partial charge in [0, 0.05) is 30.1 Å². The van der Waals surface area contributed by atoms with Crippen LogP contribution in [0.15, 0.2) is 18.7 Å². The molecule has 21 heavy (non-hydrogen) atoms. The number of carboxylic acids is 1. The molecule has 1 unspecified atom stereocenters. The molecule has 2 heterocycles. The number of hydrogen-bond donors (Lipinski definition) is 2. The van der Waals surface area contributed by atoms with Gasteiger partial charge in [0.1, 0.15) is 12.1 Å². The number of hydrogen-bond acceptors (Lipinski definition) is 5. The minimum atomic E-state index is -0.953. The zero-order valence-electron chi connectivity index (χ0n) is 11.8. The van der Waals surface area contributed by atoms with Crippen molar-refractivity contribution in [3.8, 4) is 0 Å². The average Bonchev–Trinajstić information content (AvgIpc) is 2.90. The Morgan fingerprint density at radius 2 is 2.19 bits per heavy atom. The van der Waals surface area contributed by atoms with E-state index in [4.69, 9.17) is 0 Å². The predicted octanol–water partition coefficient (Wildman–Crippen LogP) is 1.33. The van der Waals surface area contributed by atoms with Gasteiger partial charge in [-0.15, -0.1) is 0 Å². The lowest BCUT2D eigenvalue weighted by Gasteiger charge is -2.20. The summed E-state index contributed by atoms with van der Waals surface area (Å²) >= 11 is 0. The first-order valence-corrected chi connectivity index (χ1v) is 6.96. The molecule has 3 rings (SSSR count). The van der Waals surface area contributed by atoms with E-state index in [0.717, 1.165) is 36.9 Å². The van der Waals surface area contributed by atoms with Crippen LogP contribution in [0.3, 0.4) is 0 Å². The van der Waals surface area contributed by atoms with Gasteiger partial charge >= 0.3 is 5.97 Å². The normalized spacial score (nSPS) is 15.3. The minimum absolute atomic E-state index is 0.605. The first-order chi connectivity index (χ1) is 10.1. The molecule has 110 valence electrons. The summed E-state index contributed by atoms with van der Waals surface area (Å²) < 4.78 is 1.59. The number of rotatable bonds is 4. The van der Waals surface area contributed by atoms with E-state index in [1.54, 1.807) is 24.1 Å². The molecule has 1 aliphatic rings. The third kappa shape index (κ3) is 2.72. The summed E-state index contributed by atoms with van der Waals surface area (Å²) in [6.45, 7) is 0. The predicted molar refractivity (Wildman–Crippen MR) is 75.9 cm³/mol. The summed E-state index contributed by atoms with van der Waals surface area (Å²) in [6.07, 6.45) is 8.76. The highest BCUT2D eigenvalue weighted by atomic mass is 16.4. The molecule has 0 amide bonds. The smallest absolute Gasteiger partial charge is 0.330 e. The van der Waals surface area contributed by atoms with Crippen molar-refractivity contribution in [1.29, 1.82) is 0 Å². The molecule has 0 aliphatic heterocycles. The Labute approximate surface area is 122 Å². The van der Waals surface area contributed by atoms with Gasteiger partial charge in [0.25, 0.3) is 0 Å². The fraction of sp³-hybridized carbons (Fsp3) is 0.429. The van der Waals surface area contributed by atoms with E-state index >= 15 is 0 Å². The summed E-state index contributed by atoms with van der Waals surface area (Å²) in [5.41, 5.74) is 2.67. The van der Waals surface area contributed by atoms with Gasteiger partial charge in [-0.1, -0.05) is 0 Å². The monoisotopic (exact) mass is 287 g/mol. The maximum absolute atomic E-state index is 11.5. The van der Waals surface area contributed by atoms with Crippen LogP contribution in [0.25, 0.3) is 0 Å². The number of fused-ring (bicyclic) bond motifs is 1. The summed E-state index contributed by atoms with van der Waals surface area (Å²) in [5, 5.41) is 16.5. The zero-order valence-corrected chi connectivity index (χ0v) is 11.8. The van der Waals surface area contributed by atoms with Crippen LogP contribution in [0.1, 0.15) is 35.7 Å². The molecule has 2 aromatic rings. The summed E-state index contributed by atoms with van der Waals surface area (Å²) in [7, 11) is 1.76. The van der Waals surface area contributed by atoms with E-state index in [1.807, 2.05) is 0 Å². The SMILES string of the molecule is Cn1cc(C(Nc2ncnc3c2CCCC3)C(=O)O)cn1. The second kappa shape index (κ2) is 5.51. The van der Waals surface area contributed by atoms with E-state index in [-0.39, 0.29) is 0 Å². The molecular formula is C14H17N5O2. The van der Waals surface area contributed by atoms with Crippen molar-refractivity contribution < 1.29 is 9.90 Å². The van der Waals surface area contributed by atoms with Crippen molar-refractivity contribution in [2.24, 2.45) is 7.05 Å². The summed E-state index contributed by atoms with van der Waals surface area (Å²) in [6, 6.07) is -0.861. The fourth-order valence-corrected chi connectivity index (χ4v) is 2.66. The molecule has 1 aliphatic carbocycles. The number of aryl methyl sites for hydroxylation is 2. The first kappa shape index (κ1) is 13.5. The second-order valence-corrected chi connectivity index (χ2v) is 5.22. The largest absolute Gasteiger partial charge is 0.479 e. The first-order valence-electron chi connectivity index (χ1n) is 6.96. The number of aliphatic carboxylic acids is 1. The van der Waals surface area contributed by atoms with Crippen LogP contribution < -0.4 is 5.32 Å². The summed E-state index contributed by atoms with van der Waals surface area (Å²) in [5.74, 6) is -0.331. The molecule has 0 radical (unpaired) electrons. The van der Waals surface area contributed by atoms with Crippen LogP contribution in [-0.4, -0.2) is 30.8 Å². The highest BCUT2D eigenvalue weighted by Crippen LogP contribution is 2.27. The van der Waals surface area contributed by atoms with Crippen LogP contribution in [0.5, 0.6) is 0 Å². The summed E-state index contributed by atoms with van der Waals surface area (Å²) in [4.78, 5) is 20.1. The van der Waals surface area contributed by atoms with Crippen molar-refractivity contribution in [1.82, 2.24) is 19.7 Å². The number of carboxylic acid groups (broad SMARTS) is 1. The zero-order chi connectivity index (χ0) is 14.8. The average molecular weight is 287 g/mol. The molecule has 7 heteroatoms. The van der Waals surface area contributed by atoms with E-state index in [2.05, 4.69) is 20.4 Å². The molecule has 2 aromatic heterocycles. The molecule has 0 spiro atoms. The van der Waals surface area contributed by atoms with Gasteiger partial charge in [-0.05, 0) is 25.7 Å². The highest BCUT2D eigenvalue weighted by molar-refractivity contribution is 5.79. The number of nitrogens with zero attached hydrogens (tertiary/aromatic N) is 4. The Balaban J connectivity index is 1.92. The van der Waals surface area contributed by atoms with Crippen molar-refractivity contribution in [2.45, 2.75) is 31.7 Å². The van der Waals surface area contributed by atoms with Crippen LogP contribution in [0.4, 0.5) is 5.82 Å². The van der Waals surface area contributed by atoms with Crippen molar-refractivity contribution in [3.63, 3.8) is 0 Å². The van der Waals surface area contributed by atoms with Crippen LogP contribution in [0, 0.1) is 0 Å². The third-order valence-electron chi connectivity index (χ3n) is 3.71. The Morgan fingerprint density at radius 1 is 1.38 bits per heavy atom. The maximum atomic E-state index is 11.5. The number of nitrogens with one attached hydrogen (secondary N) is 1. The standard InChI is InChI=1S/C14H17N5O2/c1-19-7-9(6-17-19)12(14(20)21)18-13-10-4-2-3-5-11(10)15-8-16-13/h6-8,12H,2-5H2,1H3,(H,20,21)(H,15,16,18). The van der Waals surface area contributed by atoms with Crippen molar-refractivity contribution in [2.75, 3.05) is 5.32 Å². The fourth-order valence-electron chi connectivity index (χ4n) is 2.66. The van der Waals surface area contributed by atoms with Crippen LogP contribution in [-0.2, 0) is 24.7 Å². The second-order valence-electron chi connectivity index (χ2n) is 5.22. The number of aromatic nitrogens is 4. The number of carbonyl (C=O) groups is 1. The molecular weight excluding hydrogens is 270 g/mol. The van der Waals surface area contributed by atoms with Gasteiger partial charge in [0.15, 0.2) is 6.04 Å². The number of anilines is 1. The minimum Gasteiger partial charge on any atom is -0.479 e.